The van der Waals surface area contributed by atoms with Crippen LogP contribution in [-0.4, -0.2) is 44.2 Å². The number of para-hydroxylation sites is 1. The monoisotopic (exact) mass is 572 g/mol. The topological polar surface area (TPSA) is 66.9 Å². The number of thioether (sulfide) groups is 1. The number of methoxy groups -OCH3 is 1. The molecular weight excluding hydrogens is 540 g/mol. The van der Waals surface area contributed by atoms with E-state index in [1.807, 2.05) is 48.5 Å². The molecular formula is C32H32N2O4S2. The van der Waals surface area contributed by atoms with Gasteiger partial charge in [0.05, 0.1) is 29.1 Å². The predicted molar refractivity (Wildman–Crippen MR) is 157 cm³/mol. The normalized spacial score (nSPS) is 28.6. The summed E-state index contributed by atoms with van der Waals surface area (Å²) in [5.41, 5.74) is 1.42. The smallest absolute Gasteiger partial charge is 0.268 e. The first-order chi connectivity index (χ1) is 19.4. The van der Waals surface area contributed by atoms with E-state index in [4.69, 9.17) is 4.74 Å². The number of benzene rings is 3. The molecule has 4 atom stereocenters. The van der Waals surface area contributed by atoms with E-state index in [-0.39, 0.29) is 22.3 Å². The molecule has 1 spiro atoms. The van der Waals surface area contributed by atoms with Crippen LogP contribution in [0.4, 0.5) is 5.69 Å². The second-order valence-electron chi connectivity index (χ2n) is 11.2. The summed E-state index contributed by atoms with van der Waals surface area (Å²) in [6.07, 6.45) is 5.83. The maximum Gasteiger partial charge on any atom is 0.268 e. The minimum absolute atomic E-state index is 0.101. The van der Waals surface area contributed by atoms with Crippen molar-refractivity contribution in [3.05, 3.63) is 96.2 Å². The molecule has 40 heavy (non-hydrogen) atoms. The highest BCUT2D eigenvalue weighted by Crippen LogP contribution is 2.68. The summed E-state index contributed by atoms with van der Waals surface area (Å²) >= 11 is 1.58. The van der Waals surface area contributed by atoms with Gasteiger partial charge in [0, 0.05) is 17.1 Å². The van der Waals surface area contributed by atoms with Crippen LogP contribution in [0.2, 0.25) is 0 Å². The number of allylic oxidation sites excluding steroid dienone is 1. The second-order valence-corrected chi connectivity index (χ2v) is 14.2. The molecule has 1 amide bonds. The average molecular weight is 573 g/mol. The first-order valence-corrected chi connectivity index (χ1v) is 16.2. The number of rotatable bonds is 6. The summed E-state index contributed by atoms with van der Waals surface area (Å²) in [4.78, 5) is 17.8. The van der Waals surface area contributed by atoms with Crippen molar-refractivity contribution in [3.63, 3.8) is 0 Å². The van der Waals surface area contributed by atoms with Gasteiger partial charge in [-0.2, -0.15) is 0 Å². The third kappa shape index (κ3) is 3.29. The minimum Gasteiger partial charge on any atom is -0.497 e. The summed E-state index contributed by atoms with van der Waals surface area (Å²) in [5, 5.41) is -0.479. The molecule has 1 unspecified atom stereocenters. The second kappa shape index (κ2) is 9.14. The number of carbonyl (C=O) groups excluding carboxylic acids is 1. The van der Waals surface area contributed by atoms with Gasteiger partial charge in [-0.25, -0.2) is 12.7 Å². The lowest BCUT2D eigenvalue weighted by Crippen LogP contribution is -2.60. The number of hydrogen-bond acceptors (Lipinski definition) is 5. The van der Waals surface area contributed by atoms with Gasteiger partial charge in [0.15, 0.2) is 0 Å². The van der Waals surface area contributed by atoms with Crippen LogP contribution in [0.25, 0.3) is 0 Å². The number of carbonyl (C=O) groups is 1. The Morgan fingerprint density at radius 1 is 1.00 bits per heavy atom. The van der Waals surface area contributed by atoms with E-state index in [1.54, 1.807) is 47.4 Å². The number of anilines is 1. The van der Waals surface area contributed by atoms with Crippen LogP contribution >= 0.6 is 11.8 Å². The molecule has 206 valence electrons. The number of sulfonamides is 1. The molecule has 3 heterocycles. The molecule has 7 rings (SSSR count). The van der Waals surface area contributed by atoms with Gasteiger partial charge in [0.25, 0.3) is 10.0 Å². The van der Waals surface area contributed by atoms with Crippen LogP contribution in [0.15, 0.2) is 100 Å². The maximum absolute atomic E-state index is 14.5. The largest absolute Gasteiger partial charge is 0.497 e. The molecule has 0 aromatic heterocycles. The third-order valence-corrected chi connectivity index (χ3v) is 12.6. The maximum atomic E-state index is 14.5. The Labute approximate surface area is 240 Å². The number of hydrogen-bond donors (Lipinski definition) is 0. The van der Waals surface area contributed by atoms with Crippen molar-refractivity contribution in [3.8, 4) is 5.75 Å². The van der Waals surface area contributed by atoms with E-state index in [0.29, 0.717) is 18.0 Å². The summed E-state index contributed by atoms with van der Waals surface area (Å²) < 4.78 is 35.9. The Balaban J connectivity index is 1.49. The van der Waals surface area contributed by atoms with Gasteiger partial charge in [-0.15, -0.1) is 11.8 Å². The van der Waals surface area contributed by atoms with Crippen molar-refractivity contribution in [2.24, 2.45) is 5.41 Å². The van der Waals surface area contributed by atoms with Gasteiger partial charge in [-0.3, -0.25) is 4.79 Å². The highest BCUT2D eigenvalue weighted by atomic mass is 32.2. The van der Waals surface area contributed by atoms with Gasteiger partial charge in [0.1, 0.15) is 11.0 Å². The molecule has 2 fully saturated rings. The predicted octanol–water partition coefficient (Wildman–Crippen LogP) is 5.99. The standard InChI is InChI=1S/C32H32N2O4S2/c1-3-31-19-9-21-33-29(35)28(39-23-10-5-4-6-11-23)32(30(31)33)25-12-7-8-13-26(25)34(27(32)18-20-31)40(36,37)24-16-14-22(38-2)15-17-24/h4-8,10-18,28,30H,3,9,19-21H2,1-2H3/t28?,30-,31-,32-/m1/s1. The fourth-order valence-corrected chi connectivity index (χ4v) is 10.8. The van der Waals surface area contributed by atoms with Crippen LogP contribution in [0, 0.1) is 5.41 Å². The minimum atomic E-state index is -3.98. The van der Waals surface area contributed by atoms with Crippen LogP contribution in [-0.2, 0) is 20.2 Å². The van der Waals surface area contributed by atoms with Crippen molar-refractivity contribution < 1.29 is 17.9 Å². The first kappa shape index (κ1) is 25.7. The number of nitrogens with zero attached hydrogens (tertiary/aromatic N) is 2. The van der Waals surface area contributed by atoms with Crippen LogP contribution in [0.1, 0.15) is 38.2 Å². The summed E-state index contributed by atoms with van der Waals surface area (Å²) in [6.45, 7) is 2.93. The van der Waals surface area contributed by atoms with Crippen molar-refractivity contribution in [2.75, 3.05) is 18.0 Å². The molecule has 6 nitrogen and oxygen atoms in total. The highest BCUT2D eigenvalue weighted by Gasteiger charge is 2.73. The molecule has 8 heteroatoms. The molecule has 4 aliphatic rings. The van der Waals surface area contributed by atoms with Gasteiger partial charge in [0.2, 0.25) is 5.91 Å². The van der Waals surface area contributed by atoms with Crippen molar-refractivity contribution in [2.45, 2.75) is 59.1 Å². The van der Waals surface area contributed by atoms with E-state index in [0.717, 1.165) is 41.8 Å². The molecule has 0 bridgehead atoms. The Kier molecular flexibility index (Phi) is 5.88. The Hall–Kier alpha value is -3.23. The van der Waals surface area contributed by atoms with Crippen LogP contribution in [0.3, 0.4) is 0 Å². The van der Waals surface area contributed by atoms with Gasteiger partial charge >= 0.3 is 0 Å². The lowest BCUT2D eigenvalue weighted by Gasteiger charge is -2.55. The zero-order valence-corrected chi connectivity index (χ0v) is 24.3. The summed E-state index contributed by atoms with van der Waals surface area (Å²) in [7, 11) is -2.42. The van der Waals surface area contributed by atoms with Gasteiger partial charge < -0.3 is 9.64 Å². The molecule has 0 saturated carbocycles. The van der Waals surface area contributed by atoms with E-state index in [1.165, 1.54) is 0 Å². The van der Waals surface area contributed by atoms with Crippen molar-refractivity contribution >= 4 is 33.4 Å². The Morgan fingerprint density at radius 2 is 1.73 bits per heavy atom. The number of fused-ring (bicyclic) bond motifs is 1. The zero-order valence-electron chi connectivity index (χ0n) is 22.6. The fourth-order valence-electron chi connectivity index (χ4n) is 7.82. The molecule has 0 N–H and O–H groups in total. The number of piperidine rings is 1. The van der Waals surface area contributed by atoms with E-state index >= 15 is 0 Å². The first-order valence-electron chi connectivity index (χ1n) is 13.9. The van der Waals surface area contributed by atoms with Crippen molar-refractivity contribution in [1.82, 2.24) is 4.90 Å². The van der Waals surface area contributed by atoms with E-state index in [2.05, 4.69) is 24.0 Å². The Morgan fingerprint density at radius 3 is 2.45 bits per heavy atom. The SMILES string of the molecule is CC[C@]12CC=C3N(S(=O)(=O)c4ccc(OC)cc4)c4ccccc4[C@]34C(Sc3ccccc3)C(=O)N(CCC1)[C@H]24. The molecule has 3 aliphatic heterocycles. The van der Waals surface area contributed by atoms with Gasteiger partial charge in [-0.05, 0) is 79.1 Å². The van der Waals surface area contributed by atoms with Gasteiger partial charge in [-0.1, -0.05) is 49.4 Å². The summed E-state index contributed by atoms with van der Waals surface area (Å²) in [5.74, 6) is 0.711. The number of amides is 1. The van der Waals surface area contributed by atoms with E-state index < -0.39 is 20.7 Å². The molecule has 3 aromatic carbocycles. The molecule has 2 saturated heterocycles. The summed E-state index contributed by atoms with van der Waals surface area (Å²) in [6, 6.07) is 24.3. The molecule has 3 aromatic rings. The Bertz CT molecular complexity index is 1620. The zero-order chi connectivity index (χ0) is 27.7. The molecule has 0 radical (unpaired) electrons. The van der Waals surface area contributed by atoms with E-state index in [9.17, 15) is 13.2 Å². The van der Waals surface area contributed by atoms with Crippen LogP contribution in [0.5, 0.6) is 5.75 Å². The molecule has 1 aliphatic carbocycles. The van der Waals surface area contributed by atoms with Crippen LogP contribution < -0.4 is 9.04 Å². The van der Waals surface area contributed by atoms with Crippen molar-refractivity contribution in [1.29, 1.82) is 0 Å². The highest BCUT2D eigenvalue weighted by molar-refractivity contribution is 8.00. The fraction of sp³-hybridized carbons (Fsp3) is 0.344. The average Bonchev–Trinajstić information content (AvgIpc) is 3.44. The quantitative estimate of drug-likeness (QED) is 0.363. The lowest BCUT2D eigenvalue weighted by molar-refractivity contribution is -0.132. The lowest BCUT2D eigenvalue weighted by atomic mass is 9.55. The third-order valence-electron chi connectivity index (χ3n) is 9.53. The number of ether oxygens (including phenoxy) is 1.